The summed E-state index contributed by atoms with van der Waals surface area (Å²) in [5.74, 6) is -0.471. The standard InChI is InChI=1S/C16H15N3O4/c1-12-6-8-13(9-7-12)10-17-18-16(20)11-23-15-5-3-2-4-14(15)19(21)22/h2-10H,11H2,1H3,(H,18,20)/b17-10-. The maximum atomic E-state index is 11.6. The highest BCUT2D eigenvalue weighted by Gasteiger charge is 2.14. The molecule has 2 rings (SSSR count). The predicted octanol–water partition coefficient (Wildman–Crippen LogP) is 2.43. The number of hydrazone groups is 1. The first kappa shape index (κ1) is 16.2. The van der Waals surface area contributed by atoms with Gasteiger partial charge in [0.2, 0.25) is 0 Å². The monoisotopic (exact) mass is 313 g/mol. The molecule has 2 aromatic rings. The first-order valence-electron chi connectivity index (χ1n) is 6.81. The number of rotatable bonds is 6. The Labute approximate surface area is 132 Å². The fraction of sp³-hybridized carbons (Fsp3) is 0.125. The lowest BCUT2D eigenvalue weighted by Gasteiger charge is -2.05. The fourth-order valence-corrected chi connectivity index (χ4v) is 1.74. The Bertz CT molecular complexity index is 726. The van der Waals surface area contributed by atoms with E-state index >= 15 is 0 Å². The van der Waals surface area contributed by atoms with Crippen LogP contribution < -0.4 is 10.2 Å². The van der Waals surface area contributed by atoms with E-state index in [0.29, 0.717) is 0 Å². The molecule has 0 spiro atoms. The molecule has 1 N–H and O–H groups in total. The zero-order valence-corrected chi connectivity index (χ0v) is 12.4. The quantitative estimate of drug-likeness (QED) is 0.503. The molecule has 118 valence electrons. The summed E-state index contributed by atoms with van der Waals surface area (Å²) < 4.78 is 5.15. The van der Waals surface area contributed by atoms with E-state index in [2.05, 4.69) is 10.5 Å². The van der Waals surface area contributed by atoms with Gasteiger partial charge in [0.15, 0.2) is 12.4 Å². The summed E-state index contributed by atoms with van der Waals surface area (Å²) in [5, 5.41) is 14.6. The molecule has 0 fully saturated rings. The summed E-state index contributed by atoms with van der Waals surface area (Å²) in [6, 6.07) is 13.5. The van der Waals surface area contributed by atoms with Gasteiger partial charge in [-0.15, -0.1) is 0 Å². The number of nitro benzene ring substituents is 1. The Morgan fingerprint density at radius 1 is 1.26 bits per heavy atom. The van der Waals surface area contributed by atoms with E-state index in [4.69, 9.17) is 4.74 Å². The summed E-state index contributed by atoms with van der Waals surface area (Å²) in [5.41, 5.74) is 4.08. The average Bonchev–Trinajstić information content (AvgIpc) is 2.55. The number of nitrogens with zero attached hydrogens (tertiary/aromatic N) is 2. The van der Waals surface area contributed by atoms with Crippen molar-refractivity contribution in [1.82, 2.24) is 5.43 Å². The van der Waals surface area contributed by atoms with Crippen LogP contribution in [0.2, 0.25) is 0 Å². The van der Waals surface area contributed by atoms with Crippen molar-refractivity contribution in [1.29, 1.82) is 0 Å². The SMILES string of the molecule is Cc1ccc(/C=N\NC(=O)COc2ccccc2[N+](=O)[O-])cc1. The van der Waals surface area contributed by atoms with Crippen molar-refractivity contribution < 1.29 is 14.5 Å². The molecular weight excluding hydrogens is 298 g/mol. The summed E-state index contributed by atoms with van der Waals surface area (Å²) >= 11 is 0. The van der Waals surface area contributed by atoms with E-state index in [9.17, 15) is 14.9 Å². The average molecular weight is 313 g/mol. The minimum absolute atomic E-state index is 0.0372. The lowest BCUT2D eigenvalue weighted by atomic mass is 10.2. The number of nitro groups is 1. The number of hydrogen-bond acceptors (Lipinski definition) is 5. The molecule has 0 atom stereocenters. The Balaban J connectivity index is 1.86. The van der Waals surface area contributed by atoms with Crippen molar-refractivity contribution in [3.05, 3.63) is 69.8 Å². The van der Waals surface area contributed by atoms with Gasteiger partial charge in [-0.25, -0.2) is 5.43 Å². The van der Waals surface area contributed by atoms with Crippen LogP contribution in [0.15, 0.2) is 53.6 Å². The molecule has 0 aliphatic heterocycles. The van der Waals surface area contributed by atoms with Crippen molar-refractivity contribution in [2.75, 3.05) is 6.61 Å². The Hall–Kier alpha value is -3.22. The van der Waals surface area contributed by atoms with E-state index in [1.54, 1.807) is 6.07 Å². The molecular formula is C16H15N3O4. The Morgan fingerprint density at radius 3 is 2.65 bits per heavy atom. The Morgan fingerprint density at radius 2 is 1.96 bits per heavy atom. The van der Waals surface area contributed by atoms with Crippen LogP contribution >= 0.6 is 0 Å². The number of carbonyl (C=O) groups is 1. The smallest absolute Gasteiger partial charge is 0.310 e. The van der Waals surface area contributed by atoms with Crippen molar-refractivity contribution in [3.63, 3.8) is 0 Å². The second-order valence-electron chi connectivity index (χ2n) is 4.72. The minimum atomic E-state index is -0.567. The number of hydrogen-bond donors (Lipinski definition) is 1. The first-order valence-corrected chi connectivity index (χ1v) is 6.81. The summed E-state index contributed by atoms with van der Waals surface area (Å²) in [6.07, 6.45) is 1.50. The van der Waals surface area contributed by atoms with Gasteiger partial charge in [-0.2, -0.15) is 5.10 Å². The van der Waals surface area contributed by atoms with Crippen molar-refractivity contribution in [2.45, 2.75) is 6.92 Å². The van der Waals surface area contributed by atoms with Gasteiger partial charge in [0.25, 0.3) is 5.91 Å². The van der Waals surface area contributed by atoms with E-state index in [0.717, 1.165) is 11.1 Å². The van der Waals surface area contributed by atoms with Crippen LogP contribution in [-0.2, 0) is 4.79 Å². The second-order valence-corrected chi connectivity index (χ2v) is 4.72. The molecule has 1 amide bonds. The van der Waals surface area contributed by atoms with Gasteiger partial charge in [0.05, 0.1) is 11.1 Å². The van der Waals surface area contributed by atoms with Gasteiger partial charge >= 0.3 is 5.69 Å². The fourth-order valence-electron chi connectivity index (χ4n) is 1.74. The van der Waals surface area contributed by atoms with Crippen LogP contribution in [0, 0.1) is 17.0 Å². The lowest BCUT2D eigenvalue weighted by Crippen LogP contribution is -2.24. The van der Waals surface area contributed by atoms with Crippen LogP contribution in [0.5, 0.6) is 5.75 Å². The molecule has 0 saturated carbocycles. The number of ether oxygens (including phenoxy) is 1. The van der Waals surface area contributed by atoms with Crippen molar-refractivity contribution in [2.24, 2.45) is 5.10 Å². The molecule has 0 bridgehead atoms. The van der Waals surface area contributed by atoms with Gasteiger partial charge in [0, 0.05) is 6.07 Å². The number of nitrogens with one attached hydrogen (secondary N) is 1. The van der Waals surface area contributed by atoms with Crippen LogP contribution in [0.4, 0.5) is 5.69 Å². The number of amides is 1. The molecule has 0 saturated heterocycles. The van der Waals surface area contributed by atoms with Gasteiger partial charge in [-0.1, -0.05) is 42.0 Å². The number of carbonyl (C=O) groups excluding carboxylic acids is 1. The van der Waals surface area contributed by atoms with Crippen LogP contribution in [0.25, 0.3) is 0 Å². The Kier molecular flexibility index (Phi) is 5.40. The van der Waals surface area contributed by atoms with Gasteiger partial charge in [-0.3, -0.25) is 14.9 Å². The van der Waals surface area contributed by atoms with Crippen LogP contribution in [0.1, 0.15) is 11.1 Å². The van der Waals surface area contributed by atoms with Crippen molar-refractivity contribution >= 4 is 17.8 Å². The van der Waals surface area contributed by atoms with E-state index in [1.807, 2.05) is 31.2 Å². The van der Waals surface area contributed by atoms with E-state index in [-0.39, 0.29) is 18.0 Å². The molecule has 23 heavy (non-hydrogen) atoms. The molecule has 7 heteroatoms. The number of benzene rings is 2. The molecule has 7 nitrogen and oxygen atoms in total. The molecule has 0 radical (unpaired) electrons. The molecule has 0 aliphatic carbocycles. The first-order chi connectivity index (χ1) is 11.1. The topological polar surface area (TPSA) is 93.8 Å². The zero-order chi connectivity index (χ0) is 16.7. The molecule has 2 aromatic carbocycles. The van der Waals surface area contributed by atoms with Gasteiger partial charge < -0.3 is 4.74 Å². The molecule has 0 aromatic heterocycles. The third-order valence-electron chi connectivity index (χ3n) is 2.90. The molecule has 0 heterocycles. The maximum absolute atomic E-state index is 11.6. The highest BCUT2D eigenvalue weighted by atomic mass is 16.6. The lowest BCUT2D eigenvalue weighted by molar-refractivity contribution is -0.385. The highest BCUT2D eigenvalue weighted by molar-refractivity contribution is 5.83. The van der Waals surface area contributed by atoms with Gasteiger partial charge in [-0.05, 0) is 18.6 Å². The predicted molar refractivity (Wildman–Crippen MR) is 85.5 cm³/mol. The van der Waals surface area contributed by atoms with Crippen molar-refractivity contribution in [3.8, 4) is 5.75 Å². The minimum Gasteiger partial charge on any atom is -0.477 e. The third-order valence-corrected chi connectivity index (χ3v) is 2.90. The second kappa shape index (κ2) is 7.69. The largest absolute Gasteiger partial charge is 0.477 e. The summed E-state index contributed by atoms with van der Waals surface area (Å²) in [6.45, 7) is 1.61. The molecule has 0 unspecified atom stereocenters. The van der Waals surface area contributed by atoms with E-state index in [1.165, 1.54) is 24.4 Å². The normalized spacial score (nSPS) is 10.5. The van der Waals surface area contributed by atoms with E-state index < -0.39 is 10.8 Å². The van der Waals surface area contributed by atoms with Gasteiger partial charge in [0.1, 0.15) is 0 Å². The third kappa shape index (κ3) is 4.92. The highest BCUT2D eigenvalue weighted by Crippen LogP contribution is 2.25. The zero-order valence-electron chi connectivity index (χ0n) is 12.4. The summed E-state index contributed by atoms with van der Waals surface area (Å²) in [4.78, 5) is 21.9. The maximum Gasteiger partial charge on any atom is 0.310 e. The van der Waals surface area contributed by atoms with Crippen LogP contribution in [0.3, 0.4) is 0 Å². The summed E-state index contributed by atoms with van der Waals surface area (Å²) in [7, 11) is 0. The number of para-hydroxylation sites is 2. The number of aryl methyl sites for hydroxylation is 1. The van der Waals surface area contributed by atoms with Crippen LogP contribution in [-0.4, -0.2) is 23.7 Å². The molecule has 0 aliphatic rings.